The topological polar surface area (TPSA) is 53.9 Å². The molecule has 0 N–H and O–H groups in total. The Morgan fingerprint density at radius 1 is 0.765 bits per heavy atom. The van der Waals surface area contributed by atoms with Crippen molar-refractivity contribution in [2.45, 2.75) is 19.3 Å². The molecule has 0 spiro atoms. The van der Waals surface area contributed by atoms with E-state index in [0.29, 0.717) is 12.8 Å². The zero-order chi connectivity index (χ0) is 12.1. The molecule has 0 unspecified atom stereocenters. The number of aromatic nitrogens is 2. The third kappa shape index (κ3) is 2.93. The largest absolute Gasteiger partial charge is 0.619 e. The molecule has 0 aliphatic carbocycles. The summed E-state index contributed by atoms with van der Waals surface area (Å²) in [6, 6.07) is 10.7. The highest BCUT2D eigenvalue weighted by atomic mass is 16.5. The van der Waals surface area contributed by atoms with Crippen molar-refractivity contribution in [1.82, 2.24) is 0 Å². The standard InChI is InChI=1S/C13H14N2O2/c16-14-10-3-1-6-12(14)8-5-9-13-7-2-4-11-15(13)17/h1-4,6-7,10-11H,5,8-9H2. The van der Waals surface area contributed by atoms with Gasteiger partial charge >= 0.3 is 0 Å². The second kappa shape index (κ2) is 5.30. The lowest BCUT2D eigenvalue weighted by atomic mass is 10.1. The molecule has 0 radical (unpaired) electrons. The average molecular weight is 230 g/mol. The fourth-order valence-corrected chi connectivity index (χ4v) is 1.77. The lowest BCUT2D eigenvalue weighted by molar-refractivity contribution is -0.615. The lowest BCUT2D eigenvalue weighted by Crippen LogP contribution is -2.32. The van der Waals surface area contributed by atoms with E-state index in [4.69, 9.17) is 0 Å². The Balaban J connectivity index is 1.93. The zero-order valence-electron chi connectivity index (χ0n) is 9.45. The molecule has 88 valence electrons. The Kier molecular flexibility index (Phi) is 3.55. The van der Waals surface area contributed by atoms with Crippen LogP contribution in [0.4, 0.5) is 0 Å². The second-order valence-electron chi connectivity index (χ2n) is 3.89. The van der Waals surface area contributed by atoms with Crippen molar-refractivity contribution < 1.29 is 9.46 Å². The van der Waals surface area contributed by atoms with E-state index in [9.17, 15) is 10.4 Å². The van der Waals surface area contributed by atoms with Crippen LogP contribution < -0.4 is 9.46 Å². The maximum atomic E-state index is 11.4. The minimum atomic E-state index is 0.680. The molecule has 0 atom stereocenters. The minimum absolute atomic E-state index is 0.680. The van der Waals surface area contributed by atoms with Gasteiger partial charge in [0.1, 0.15) is 0 Å². The summed E-state index contributed by atoms with van der Waals surface area (Å²) >= 11 is 0. The highest BCUT2D eigenvalue weighted by molar-refractivity contribution is 5.00. The van der Waals surface area contributed by atoms with Crippen LogP contribution in [0.1, 0.15) is 17.8 Å². The zero-order valence-corrected chi connectivity index (χ0v) is 9.45. The minimum Gasteiger partial charge on any atom is -0.619 e. The van der Waals surface area contributed by atoms with E-state index >= 15 is 0 Å². The summed E-state index contributed by atoms with van der Waals surface area (Å²) in [6.07, 6.45) is 5.13. The Bertz CT molecular complexity index is 455. The Hall–Kier alpha value is -2.10. The van der Waals surface area contributed by atoms with Crippen LogP contribution in [0, 0.1) is 10.4 Å². The molecule has 2 heterocycles. The predicted molar refractivity (Wildman–Crippen MR) is 62.8 cm³/mol. The molecule has 0 fully saturated rings. The first-order valence-corrected chi connectivity index (χ1v) is 5.61. The van der Waals surface area contributed by atoms with Crippen molar-refractivity contribution in [3.05, 3.63) is 70.6 Å². The SMILES string of the molecule is [O-][n+]1ccccc1CCCc1cccc[n+]1[O-]. The van der Waals surface area contributed by atoms with Crippen molar-refractivity contribution in [3.8, 4) is 0 Å². The Labute approximate surface area is 99.9 Å². The summed E-state index contributed by atoms with van der Waals surface area (Å²) in [6.45, 7) is 0. The monoisotopic (exact) mass is 230 g/mol. The van der Waals surface area contributed by atoms with Gasteiger partial charge in [0, 0.05) is 37.1 Å². The molecule has 0 aliphatic rings. The van der Waals surface area contributed by atoms with E-state index in [0.717, 1.165) is 27.3 Å². The van der Waals surface area contributed by atoms with Crippen molar-refractivity contribution in [1.29, 1.82) is 0 Å². The fraction of sp³-hybridized carbons (Fsp3) is 0.231. The molecule has 2 rings (SSSR count). The molecule has 0 saturated carbocycles. The number of rotatable bonds is 4. The van der Waals surface area contributed by atoms with Crippen LogP contribution in [-0.2, 0) is 12.8 Å². The molecule has 0 aromatic carbocycles. The maximum absolute atomic E-state index is 11.4. The second-order valence-corrected chi connectivity index (χ2v) is 3.89. The van der Waals surface area contributed by atoms with Crippen molar-refractivity contribution in [2.24, 2.45) is 0 Å². The van der Waals surface area contributed by atoms with E-state index in [-0.39, 0.29) is 0 Å². The van der Waals surface area contributed by atoms with Crippen molar-refractivity contribution in [2.75, 3.05) is 0 Å². The van der Waals surface area contributed by atoms with Gasteiger partial charge in [-0.3, -0.25) is 0 Å². The number of pyridine rings is 2. The third-order valence-electron chi connectivity index (χ3n) is 2.67. The number of hydrogen-bond acceptors (Lipinski definition) is 2. The van der Waals surface area contributed by atoms with Crippen LogP contribution in [0.2, 0.25) is 0 Å². The van der Waals surface area contributed by atoms with Gasteiger partial charge in [-0.1, -0.05) is 12.1 Å². The van der Waals surface area contributed by atoms with Gasteiger partial charge in [-0.25, -0.2) is 0 Å². The van der Waals surface area contributed by atoms with Crippen molar-refractivity contribution in [3.63, 3.8) is 0 Å². The molecule has 2 aromatic rings. The van der Waals surface area contributed by atoms with Crippen LogP contribution in [0.15, 0.2) is 48.8 Å². The van der Waals surface area contributed by atoms with Gasteiger partial charge < -0.3 is 10.4 Å². The normalized spacial score (nSPS) is 10.4. The van der Waals surface area contributed by atoms with Crippen LogP contribution in [0.5, 0.6) is 0 Å². The lowest BCUT2D eigenvalue weighted by Gasteiger charge is -2.04. The number of nitrogens with zero attached hydrogens (tertiary/aromatic N) is 2. The van der Waals surface area contributed by atoms with Crippen LogP contribution in [0.3, 0.4) is 0 Å². The van der Waals surface area contributed by atoms with Crippen molar-refractivity contribution >= 4 is 0 Å². The quantitative estimate of drug-likeness (QED) is 0.584. The van der Waals surface area contributed by atoms with E-state index in [1.807, 2.05) is 24.3 Å². The first-order valence-electron chi connectivity index (χ1n) is 5.61. The summed E-state index contributed by atoms with van der Waals surface area (Å²) in [7, 11) is 0. The molecule has 4 nitrogen and oxygen atoms in total. The van der Waals surface area contributed by atoms with E-state index in [2.05, 4.69) is 0 Å². The third-order valence-corrected chi connectivity index (χ3v) is 2.67. The van der Waals surface area contributed by atoms with E-state index in [1.165, 1.54) is 12.4 Å². The summed E-state index contributed by atoms with van der Waals surface area (Å²) in [5, 5.41) is 22.8. The van der Waals surface area contributed by atoms with Gasteiger partial charge in [-0.15, -0.1) is 0 Å². The molecule has 0 amide bonds. The van der Waals surface area contributed by atoms with E-state index in [1.54, 1.807) is 12.1 Å². The molecule has 17 heavy (non-hydrogen) atoms. The van der Waals surface area contributed by atoms with Gasteiger partial charge in [-0.2, -0.15) is 9.46 Å². The summed E-state index contributed by atoms with van der Waals surface area (Å²) in [4.78, 5) is 0. The van der Waals surface area contributed by atoms with Gasteiger partial charge in [0.15, 0.2) is 23.8 Å². The van der Waals surface area contributed by atoms with Gasteiger partial charge in [-0.05, 0) is 6.42 Å². The Morgan fingerprint density at radius 2 is 1.24 bits per heavy atom. The molecule has 4 heteroatoms. The molecule has 0 bridgehead atoms. The van der Waals surface area contributed by atoms with Crippen LogP contribution in [0.25, 0.3) is 0 Å². The van der Waals surface area contributed by atoms with Gasteiger partial charge in [0.2, 0.25) is 0 Å². The number of hydrogen-bond donors (Lipinski definition) is 0. The smallest absolute Gasteiger partial charge is 0.192 e. The molecule has 0 aliphatic heterocycles. The summed E-state index contributed by atoms with van der Waals surface area (Å²) < 4.78 is 1.74. The summed E-state index contributed by atoms with van der Waals surface area (Å²) in [5.41, 5.74) is 1.47. The van der Waals surface area contributed by atoms with E-state index < -0.39 is 0 Å². The highest BCUT2D eigenvalue weighted by Crippen LogP contribution is 2.02. The van der Waals surface area contributed by atoms with Gasteiger partial charge in [0.25, 0.3) is 0 Å². The Morgan fingerprint density at radius 3 is 1.65 bits per heavy atom. The molecular weight excluding hydrogens is 216 g/mol. The first-order chi connectivity index (χ1) is 8.27. The highest BCUT2D eigenvalue weighted by Gasteiger charge is 2.07. The van der Waals surface area contributed by atoms with Gasteiger partial charge in [0.05, 0.1) is 0 Å². The molecule has 0 saturated heterocycles. The van der Waals surface area contributed by atoms with Crippen LogP contribution in [-0.4, -0.2) is 0 Å². The molecular formula is C13H14N2O2. The summed E-state index contributed by atoms with van der Waals surface area (Å²) in [5.74, 6) is 0. The number of aryl methyl sites for hydroxylation is 2. The maximum Gasteiger partial charge on any atom is 0.192 e. The first kappa shape index (κ1) is 11.4. The predicted octanol–water partition coefficient (Wildman–Crippen LogP) is 1.13. The fourth-order valence-electron chi connectivity index (χ4n) is 1.77. The molecule has 2 aromatic heterocycles. The average Bonchev–Trinajstić information content (AvgIpc) is 2.34. The van der Waals surface area contributed by atoms with Crippen LogP contribution >= 0.6 is 0 Å².